The van der Waals surface area contributed by atoms with Gasteiger partial charge < -0.3 is 0 Å². The minimum Gasteiger partial charge on any atom is -0.207 e. The molecule has 0 saturated carbocycles. The third kappa shape index (κ3) is 3.79. The zero-order valence-electron chi connectivity index (χ0n) is 8.85. The van der Waals surface area contributed by atoms with Crippen molar-refractivity contribution in [2.75, 3.05) is 0 Å². The number of alkyl halides is 1. The van der Waals surface area contributed by atoms with Crippen LogP contribution in [-0.2, 0) is 0 Å². The molecule has 0 nitrogen and oxygen atoms in total. The Morgan fingerprint density at radius 1 is 1.21 bits per heavy atom. The second kappa shape index (κ2) is 4.43. The van der Waals surface area contributed by atoms with Crippen molar-refractivity contribution in [3.63, 3.8) is 0 Å². The number of benzene rings is 1. The average Bonchev–Trinajstić information content (AvgIpc) is 2.02. The molecule has 1 atom stereocenters. The maximum atomic E-state index is 12.7. The molecule has 0 aliphatic carbocycles. The van der Waals surface area contributed by atoms with Gasteiger partial charge in [0, 0.05) is 4.83 Å². The fourth-order valence-electron chi connectivity index (χ4n) is 1.33. The summed E-state index contributed by atoms with van der Waals surface area (Å²) in [6.07, 6.45) is 1.04. The van der Waals surface area contributed by atoms with Crippen LogP contribution in [0.1, 0.15) is 37.6 Å². The van der Waals surface area contributed by atoms with Crippen molar-refractivity contribution in [2.45, 2.75) is 32.0 Å². The van der Waals surface area contributed by atoms with Crippen molar-refractivity contribution in [1.29, 1.82) is 0 Å². The Morgan fingerprint density at radius 2 is 1.71 bits per heavy atom. The van der Waals surface area contributed by atoms with Gasteiger partial charge in [-0.1, -0.05) is 48.8 Å². The molecule has 0 spiro atoms. The van der Waals surface area contributed by atoms with Crippen molar-refractivity contribution in [1.82, 2.24) is 0 Å². The molecular weight excluding hydrogens is 243 g/mol. The topological polar surface area (TPSA) is 0 Å². The molecule has 0 radical (unpaired) electrons. The lowest BCUT2D eigenvalue weighted by Crippen LogP contribution is -2.08. The minimum absolute atomic E-state index is 0.177. The molecule has 2 heteroatoms. The molecule has 1 unspecified atom stereocenters. The van der Waals surface area contributed by atoms with Crippen LogP contribution in [0.25, 0.3) is 0 Å². The van der Waals surface area contributed by atoms with E-state index in [9.17, 15) is 4.39 Å². The summed E-state index contributed by atoms with van der Waals surface area (Å²) < 4.78 is 12.7. The highest BCUT2D eigenvalue weighted by molar-refractivity contribution is 9.09. The third-order valence-electron chi connectivity index (χ3n) is 2.02. The molecule has 14 heavy (non-hydrogen) atoms. The van der Waals surface area contributed by atoms with Crippen LogP contribution in [0.3, 0.4) is 0 Å². The molecule has 0 heterocycles. The van der Waals surface area contributed by atoms with Crippen LogP contribution >= 0.6 is 15.9 Å². The SMILES string of the molecule is CC(C)(C)CC(Br)c1ccc(F)cc1. The summed E-state index contributed by atoms with van der Waals surface area (Å²) in [6.45, 7) is 6.60. The Morgan fingerprint density at radius 3 is 2.14 bits per heavy atom. The maximum absolute atomic E-state index is 12.7. The van der Waals surface area contributed by atoms with Gasteiger partial charge in [0.25, 0.3) is 0 Å². The van der Waals surface area contributed by atoms with Gasteiger partial charge in [-0.15, -0.1) is 0 Å². The van der Waals surface area contributed by atoms with Gasteiger partial charge in [-0.3, -0.25) is 0 Å². The Hall–Kier alpha value is -0.370. The first-order chi connectivity index (χ1) is 6.38. The predicted molar refractivity (Wildman–Crippen MR) is 62.1 cm³/mol. The molecule has 78 valence electrons. The second-order valence-corrected chi connectivity index (χ2v) is 5.89. The lowest BCUT2D eigenvalue weighted by Gasteiger charge is -2.22. The van der Waals surface area contributed by atoms with Gasteiger partial charge in [-0.05, 0) is 29.5 Å². The van der Waals surface area contributed by atoms with E-state index in [1.54, 1.807) is 0 Å². The molecule has 0 aliphatic heterocycles. The van der Waals surface area contributed by atoms with Gasteiger partial charge in [-0.25, -0.2) is 4.39 Å². The molecule has 1 aromatic carbocycles. The number of halogens is 2. The number of rotatable bonds is 2. The average molecular weight is 259 g/mol. The van der Waals surface area contributed by atoms with Crippen LogP contribution in [0, 0.1) is 11.2 Å². The molecule has 1 aromatic rings. The van der Waals surface area contributed by atoms with E-state index < -0.39 is 0 Å². The first-order valence-corrected chi connectivity index (χ1v) is 5.69. The van der Waals surface area contributed by atoms with Crippen LogP contribution in [-0.4, -0.2) is 0 Å². The van der Waals surface area contributed by atoms with Gasteiger partial charge in [0.05, 0.1) is 0 Å². The molecule has 0 saturated heterocycles. The van der Waals surface area contributed by atoms with Gasteiger partial charge in [-0.2, -0.15) is 0 Å². The van der Waals surface area contributed by atoms with E-state index in [1.165, 1.54) is 12.1 Å². The smallest absolute Gasteiger partial charge is 0.123 e. The van der Waals surface area contributed by atoms with E-state index in [4.69, 9.17) is 0 Å². The van der Waals surface area contributed by atoms with Crippen molar-refractivity contribution in [3.05, 3.63) is 35.6 Å². The molecule has 0 bridgehead atoms. The summed E-state index contributed by atoms with van der Waals surface area (Å²) in [5.41, 5.74) is 1.42. The molecule has 0 fully saturated rings. The van der Waals surface area contributed by atoms with E-state index in [0.29, 0.717) is 4.83 Å². The molecule has 0 aromatic heterocycles. The maximum Gasteiger partial charge on any atom is 0.123 e. The summed E-state index contributed by atoms with van der Waals surface area (Å²) in [6, 6.07) is 6.68. The van der Waals surface area contributed by atoms with E-state index in [0.717, 1.165) is 12.0 Å². The summed E-state index contributed by atoms with van der Waals surface area (Å²) in [5.74, 6) is -0.177. The van der Waals surface area contributed by atoms with E-state index in [2.05, 4.69) is 36.7 Å². The summed E-state index contributed by atoms with van der Waals surface area (Å²) in [4.78, 5) is 0.308. The first-order valence-electron chi connectivity index (χ1n) is 4.78. The van der Waals surface area contributed by atoms with Crippen LogP contribution in [0.5, 0.6) is 0 Å². The Labute approximate surface area is 93.7 Å². The predicted octanol–water partition coefficient (Wildman–Crippen LogP) is 4.70. The molecule has 1 rings (SSSR count). The zero-order chi connectivity index (χ0) is 10.8. The van der Waals surface area contributed by atoms with Crippen LogP contribution in [0.2, 0.25) is 0 Å². The lowest BCUT2D eigenvalue weighted by molar-refractivity contribution is 0.377. The molecule has 0 aliphatic rings. The van der Waals surface area contributed by atoms with Crippen LogP contribution in [0.4, 0.5) is 4.39 Å². The standard InChI is InChI=1S/C12H16BrF/c1-12(2,3)8-11(13)9-4-6-10(14)7-5-9/h4-7,11H,8H2,1-3H3. The molecular formula is C12H16BrF. The summed E-state index contributed by atoms with van der Waals surface area (Å²) in [7, 11) is 0. The summed E-state index contributed by atoms with van der Waals surface area (Å²) in [5, 5.41) is 0. The van der Waals surface area contributed by atoms with Crippen LogP contribution in [0.15, 0.2) is 24.3 Å². The van der Waals surface area contributed by atoms with Crippen molar-refractivity contribution < 1.29 is 4.39 Å². The van der Waals surface area contributed by atoms with Crippen molar-refractivity contribution in [2.24, 2.45) is 5.41 Å². The van der Waals surface area contributed by atoms with Gasteiger partial charge in [0.1, 0.15) is 5.82 Å². The highest BCUT2D eigenvalue weighted by atomic mass is 79.9. The highest BCUT2D eigenvalue weighted by Gasteiger charge is 2.17. The van der Waals surface area contributed by atoms with Crippen molar-refractivity contribution >= 4 is 15.9 Å². The molecule has 0 N–H and O–H groups in total. The highest BCUT2D eigenvalue weighted by Crippen LogP contribution is 2.35. The first kappa shape index (κ1) is 11.7. The van der Waals surface area contributed by atoms with Gasteiger partial charge >= 0.3 is 0 Å². The monoisotopic (exact) mass is 258 g/mol. The Kier molecular flexibility index (Phi) is 3.71. The normalized spacial score (nSPS) is 14.1. The fraction of sp³-hybridized carbons (Fsp3) is 0.500. The third-order valence-corrected chi connectivity index (χ3v) is 2.88. The van der Waals surface area contributed by atoms with E-state index in [1.807, 2.05) is 12.1 Å². The van der Waals surface area contributed by atoms with Crippen LogP contribution < -0.4 is 0 Å². The Balaban J connectivity index is 2.70. The second-order valence-electron chi connectivity index (χ2n) is 4.78. The minimum atomic E-state index is -0.177. The van der Waals surface area contributed by atoms with Crippen molar-refractivity contribution in [3.8, 4) is 0 Å². The number of hydrogen-bond acceptors (Lipinski definition) is 0. The quantitative estimate of drug-likeness (QED) is 0.675. The van der Waals surface area contributed by atoms with Gasteiger partial charge in [0.15, 0.2) is 0 Å². The number of hydrogen-bond donors (Lipinski definition) is 0. The zero-order valence-corrected chi connectivity index (χ0v) is 10.4. The van der Waals surface area contributed by atoms with E-state index in [-0.39, 0.29) is 11.2 Å². The van der Waals surface area contributed by atoms with Gasteiger partial charge in [0.2, 0.25) is 0 Å². The summed E-state index contributed by atoms with van der Waals surface area (Å²) >= 11 is 3.62. The Bertz CT molecular complexity index is 284. The lowest BCUT2D eigenvalue weighted by atomic mass is 9.88. The fourth-order valence-corrected chi connectivity index (χ4v) is 2.60. The molecule has 0 amide bonds. The van der Waals surface area contributed by atoms with E-state index >= 15 is 0 Å². The largest absolute Gasteiger partial charge is 0.207 e.